The fourth-order valence-electron chi connectivity index (χ4n) is 8.22. The topological polar surface area (TPSA) is 127 Å². The van der Waals surface area contributed by atoms with Gasteiger partial charge in [-0.25, -0.2) is 8.78 Å². The molecule has 52 heavy (non-hydrogen) atoms. The summed E-state index contributed by atoms with van der Waals surface area (Å²) in [5.41, 5.74) is 2.66. The van der Waals surface area contributed by atoms with Crippen LogP contribution < -0.4 is 5.32 Å². The van der Waals surface area contributed by atoms with E-state index in [2.05, 4.69) is 19.2 Å². The molecule has 0 aromatic heterocycles. The summed E-state index contributed by atoms with van der Waals surface area (Å²) in [5.74, 6) is -6.75. The molecular formula is C38H40ClF2N5O6. The second-order valence-corrected chi connectivity index (χ2v) is 15.6. The predicted molar refractivity (Wildman–Crippen MR) is 187 cm³/mol. The minimum atomic E-state index is -3.25. The van der Waals surface area contributed by atoms with Gasteiger partial charge in [0.25, 0.3) is 23.6 Å². The van der Waals surface area contributed by atoms with Crippen LogP contribution in [-0.4, -0.2) is 112 Å². The largest absolute Gasteiger partial charge is 0.336 e. The number of alkyl halides is 2. The Hall–Kier alpha value is -4.49. The van der Waals surface area contributed by atoms with Crippen LogP contribution in [0.1, 0.15) is 89.0 Å². The van der Waals surface area contributed by atoms with E-state index >= 15 is 8.78 Å². The van der Waals surface area contributed by atoms with Crippen LogP contribution in [0.3, 0.4) is 0 Å². The lowest BCUT2D eigenvalue weighted by Crippen LogP contribution is -2.63. The normalized spacial score (nSPS) is 25.0. The zero-order chi connectivity index (χ0) is 37.1. The molecule has 0 spiro atoms. The van der Waals surface area contributed by atoms with Crippen molar-refractivity contribution in [1.29, 1.82) is 0 Å². The molecule has 1 aliphatic carbocycles. The van der Waals surface area contributed by atoms with E-state index in [1.165, 1.54) is 18.2 Å². The molecule has 14 heteroatoms. The molecule has 2 atom stereocenters. The van der Waals surface area contributed by atoms with Crippen molar-refractivity contribution < 1.29 is 37.5 Å². The molecule has 3 saturated heterocycles. The lowest BCUT2D eigenvalue weighted by molar-refractivity contribution is -0.138. The molecule has 0 radical (unpaired) electrons. The number of rotatable bonds is 5. The number of likely N-dealkylation sites (tertiary alicyclic amines) is 1. The Morgan fingerprint density at radius 2 is 1.52 bits per heavy atom. The summed E-state index contributed by atoms with van der Waals surface area (Å²) in [6.07, 6.45) is 2.23. The molecule has 7 rings (SSSR count). The van der Waals surface area contributed by atoms with Crippen molar-refractivity contribution in [3.05, 3.63) is 75.3 Å². The van der Waals surface area contributed by atoms with Crippen molar-refractivity contribution >= 4 is 52.6 Å². The summed E-state index contributed by atoms with van der Waals surface area (Å²) in [6.45, 7) is 4.79. The van der Waals surface area contributed by atoms with E-state index in [1.54, 1.807) is 9.80 Å². The maximum absolute atomic E-state index is 15.8. The van der Waals surface area contributed by atoms with Gasteiger partial charge >= 0.3 is 0 Å². The summed E-state index contributed by atoms with van der Waals surface area (Å²) >= 11 is 6.13. The minimum absolute atomic E-state index is 0.00210. The standard InChI is InChI=1S/C38H40ClF2N5O6/c1-37(2)13-11-26(28(20-37)22-3-6-24(39)7-4-22)34(50)44-17-15-43(16-18-44)30-12-14-45(21-38(30,40)41)33(49)23-5-8-25-27(19-23)36(52)46(35(25)51)29-9-10-31(47)42-32(29)48/h3-8,19,29-30H,9-18,20-21H2,1-2H3,(H,42,47,48). The van der Waals surface area contributed by atoms with Gasteiger partial charge < -0.3 is 9.80 Å². The number of nitrogens with zero attached hydrogens (tertiary/aromatic N) is 4. The fraction of sp³-hybridized carbons (Fsp3) is 0.474. The van der Waals surface area contributed by atoms with Crippen molar-refractivity contribution in [2.45, 2.75) is 70.4 Å². The van der Waals surface area contributed by atoms with E-state index in [0.717, 1.165) is 39.4 Å². The lowest BCUT2D eigenvalue weighted by Gasteiger charge is -2.46. The zero-order valence-electron chi connectivity index (χ0n) is 29.1. The van der Waals surface area contributed by atoms with Gasteiger partial charge in [0, 0.05) is 55.3 Å². The molecule has 1 N–H and O–H groups in total. The van der Waals surface area contributed by atoms with Gasteiger partial charge in [0.15, 0.2) is 0 Å². The van der Waals surface area contributed by atoms with Gasteiger partial charge in [0.1, 0.15) is 6.04 Å². The Morgan fingerprint density at radius 3 is 2.19 bits per heavy atom. The lowest BCUT2D eigenvalue weighted by atomic mass is 9.72. The Morgan fingerprint density at radius 1 is 0.827 bits per heavy atom. The van der Waals surface area contributed by atoms with Crippen LogP contribution in [0.5, 0.6) is 0 Å². The molecule has 2 unspecified atom stereocenters. The number of piperidine rings is 2. The first-order chi connectivity index (χ1) is 24.6. The van der Waals surface area contributed by atoms with Crippen LogP contribution in [-0.2, 0) is 14.4 Å². The average Bonchev–Trinajstić information content (AvgIpc) is 3.35. The van der Waals surface area contributed by atoms with E-state index in [-0.39, 0.29) is 66.9 Å². The third kappa shape index (κ3) is 6.64. The Balaban J connectivity index is 0.990. The summed E-state index contributed by atoms with van der Waals surface area (Å²) in [6, 6.07) is 9.06. The average molecular weight is 736 g/mol. The third-order valence-corrected chi connectivity index (χ3v) is 11.4. The zero-order valence-corrected chi connectivity index (χ0v) is 29.8. The van der Waals surface area contributed by atoms with Crippen LogP contribution >= 0.6 is 11.6 Å². The summed E-state index contributed by atoms with van der Waals surface area (Å²) in [7, 11) is 0. The number of hydrogen-bond acceptors (Lipinski definition) is 7. The predicted octanol–water partition coefficient (Wildman–Crippen LogP) is 4.40. The van der Waals surface area contributed by atoms with Crippen molar-refractivity contribution in [3.8, 4) is 0 Å². The van der Waals surface area contributed by atoms with Gasteiger partial charge in [-0.05, 0) is 79.0 Å². The van der Waals surface area contributed by atoms with Gasteiger partial charge in [0.05, 0.1) is 23.7 Å². The minimum Gasteiger partial charge on any atom is -0.336 e. The van der Waals surface area contributed by atoms with Crippen LogP contribution in [0, 0.1) is 5.41 Å². The number of halogens is 3. The number of nitrogens with one attached hydrogen (secondary N) is 1. The monoisotopic (exact) mass is 735 g/mol. The highest BCUT2D eigenvalue weighted by Gasteiger charge is 2.50. The maximum Gasteiger partial charge on any atom is 0.280 e. The van der Waals surface area contributed by atoms with Crippen LogP contribution in [0.4, 0.5) is 8.78 Å². The quantitative estimate of drug-likeness (QED) is 0.452. The highest BCUT2D eigenvalue weighted by atomic mass is 35.5. The number of allylic oxidation sites excluding steroid dienone is 1. The van der Waals surface area contributed by atoms with Gasteiger partial charge in [-0.3, -0.25) is 43.9 Å². The van der Waals surface area contributed by atoms with Gasteiger partial charge in [-0.15, -0.1) is 0 Å². The Labute approximate surface area is 304 Å². The molecule has 11 nitrogen and oxygen atoms in total. The first kappa shape index (κ1) is 35.9. The number of amides is 6. The molecule has 4 heterocycles. The Kier molecular flexibility index (Phi) is 9.31. The molecule has 0 bridgehead atoms. The first-order valence-corrected chi connectivity index (χ1v) is 18.1. The molecule has 3 fully saturated rings. The molecule has 4 aliphatic heterocycles. The van der Waals surface area contributed by atoms with Gasteiger partial charge in [-0.2, -0.15) is 0 Å². The number of imide groups is 2. The molecular weight excluding hydrogens is 696 g/mol. The number of benzene rings is 2. The van der Waals surface area contributed by atoms with Gasteiger partial charge in [-0.1, -0.05) is 37.6 Å². The molecule has 6 amide bonds. The number of piperazine rings is 1. The molecule has 5 aliphatic rings. The van der Waals surface area contributed by atoms with Crippen LogP contribution in [0.15, 0.2) is 48.0 Å². The fourth-order valence-corrected chi connectivity index (χ4v) is 8.34. The number of fused-ring (bicyclic) bond motifs is 1. The van der Waals surface area contributed by atoms with E-state index in [0.29, 0.717) is 24.5 Å². The van der Waals surface area contributed by atoms with Crippen molar-refractivity contribution in [2.75, 3.05) is 39.3 Å². The summed E-state index contributed by atoms with van der Waals surface area (Å²) < 4.78 is 31.6. The maximum atomic E-state index is 15.8. The van der Waals surface area contributed by atoms with E-state index in [1.807, 2.05) is 24.3 Å². The third-order valence-electron chi connectivity index (χ3n) is 11.1. The second-order valence-electron chi connectivity index (χ2n) is 15.1. The van der Waals surface area contributed by atoms with Crippen LogP contribution in [0.2, 0.25) is 5.02 Å². The van der Waals surface area contributed by atoms with Gasteiger partial charge in [0.2, 0.25) is 17.7 Å². The van der Waals surface area contributed by atoms with E-state index in [4.69, 9.17) is 11.6 Å². The van der Waals surface area contributed by atoms with Crippen molar-refractivity contribution in [3.63, 3.8) is 0 Å². The smallest absolute Gasteiger partial charge is 0.280 e. The summed E-state index contributed by atoms with van der Waals surface area (Å²) in [5, 5.41) is 2.75. The van der Waals surface area contributed by atoms with Crippen molar-refractivity contribution in [2.24, 2.45) is 5.41 Å². The van der Waals surface area contributed by atoms with E-state index < -0.39 is 54.1 Å². The highest BCUT2D eigenvalue weighted by molar-refractivity contribution is 6.30. The SMILES string of the molecule is CC1(C)CCC(C(=O)N2CCN(C3CCN(C(=O)c4ccc5c(c4)C(=O)N(C4CCC(=O)NC4=O)C5=O)CC3(F)F)CC2)=C(c2ccc(Cl)cc2)C1. The summed E-state index contributed by atoms with van der Waals surface area (Å²) in [4.78, 5) is 82.9. The molecule has 274 valence electrons. The molecule has 0 saturated carbocycles. The Bertz CT molecular complexity index is 1900. The number of carbonyl (C=O) groups is 6. The second kappa shape index (κ2) is 13.5. The number of carbonyl (C=O) groups excluding carboxylic acids is 6. The molecule has 2 aromatic carbocycles. The van der Waals surface area contributed by atoms with Crippen LogP contribution in [0.25, 0.3) is 5.57 Å². The highest BCUT2D eigenvalue weighted by Crippen LogP contribution is 2.44. The van der Waals surface area contributed by atoms with Crippen molar-refractivity contribution in [1.82, 2.24) is 24.9 Å². The molecule has 2 aromatic rings. The van der Waals surface area contributed by atoms with E-state index in [9.17, 15) is 28.8 Å². The number of hydrogen-bond donors (Lipinski definition) is 1. The first-order valence-electron chi connectivity index (χ1n) is 17.7.